The van der Waals surface area contributed by atoms with Crippen molar-refractivity contribution in [2.24, 2.45) is 0 Å². The fourth-order valence-electron chi connectivity index (χ4n) is 1.68. The number of carboxylic acid groups (broad SMARTS) is 1. The molecular weight excluding hydrogens is 252 g/mol. The molecule has 0 spiro atoms. The Morgan fingerprint density at radius 3 is 2.84 bits per heavy atom. The van der Waals surface area contributed by atoms with Crippen LogP contribution < -0.4 is 0 Å². The largest absolute Gasteiger partial charge is 0.478 e. The van der Waals surface area contributed by atoms with Crippen molar-refractivity contribution in [2.45, 2.75) is 13.3 Å². The van der Waals surface area contributed by atoms with Crippen molar-refractivity contribution in [3.05, 3.63) is 46.2 Å². The summed E-state index contributed by atoms with van der Waals surface area (Å²) in [6, 6.07) is 0.990. The van der Waals surface area contributed by atoms with E-state index in [1.165, 1.54) is 10.8 Å². The second kappa shape index (κ2) is 4.84. The highest BCUT2D eigenvalue weighted by Crippen LogP contribution is 2.19. The van der Waals surface area contributed by atoms with Crippen molar-refractivity contribution in [3.63, 3.8) is 0 Å². The molecule has 0 aromatic carbocycles. The molecule has 8 heteroatoms. The summed E-state index contributed by atoms with van der Waals surface area (Å²) in [5.41, 5.74) is -0.596. The molecule has 19 heavy (non-hydrogen) atoms. The Morgan fingerprint density at radius 1 is 1.53 bits per heavy atom. The van der Waals surface area contributed by atoms with Gasteiger partial charge >= 0.3 is 5.97 Å². The molecule has 0 radical (unpaired) electrons. The van der Waals surface area contributed by atoms with Gasteiger partial charge in [0, 0.05) is 24.9 Å². The summed E-state index contributed by atoms with van der Waals surface area (Å²) in [6.07, 6.45) is 4.71. The van der Waals surface area contributed by atoms with Gasteiger partial charge in [0.1, 0.15) is 17.6 Å². The Balaban J connectivity index is 2.63. The SMILES string of the molecule is CCc1nccn1-c1ncc([N+](=O)[O-])cc1C(=O)O. The summed E-state index contributed by atoms with van der Waals surface area (Å²) in [4.78, 5) is 29.1. The monoisotopic (exact) mass is 262 g/mol. The van der Waals surface area contributed by atoms with Crippen LogP contribution in [-0.4, -0.2) is 30.5 Å². The first-order valence-corrected chi connectivity index (χ1v) is 5.45. The van der Waals surface area contributed by atoms with E-state index in [9.17, 15) is 14.9 Å². The van der Waals surface area contributed by atoms with Crippen molar-refractivity contribution >= 4 is 11.7 Å². The smallest absolute Gasteiger partial charge is 0.339 e. The van der Waals surface area contributed by atoms with Crippen LogP contribution in [0.3, 0.4) is 0 Å². The quantitative estimate of drug-likeness (QED) is 0.659. The van der Waals surface area contributed by atoms with Crippen LogP contribution in [0.15, 0.2) is 24.7 Å². The van der Waals surface area contributed by atoms with E-state index < -0.39 is 10.9 Å². The number of aromatic carboxylic acids is 1. The summed E-state index contributed by atoms with van der Waals surface area (Å²) >= 11 is 0. The third kappa shape index (κ3) is 2.28. The molecule has 1 N–H and O–H groups in total. The van der Waals surface area contributed by atoms with Crippen molar-refractivity contribution in [1.29, 1.82) is 0 Å². The van der Waals surface area contributed by atoms with Crippen LogP contribution in [-0.2, 0) is 6.42 Å². The van der Waals surface area contributed by atoms with Gasteiger partial charge < -0.3 is 5.11 Å². The van der Waals surface area contributed by atoms with Gasteiger partial charge in [-0.1, -0.05) is 6.92 Å². The van der Waals surface area contributed by atoms with Crippen molar-refractivity contribution in [1.82, 2.24) is 14.5 Å². The normalized spacial score (nSPS) is 10.4. The topological polar surface area (TPSA) is 111 Å². The summed E-state index contributed by atoms with van der Waals surface area (Å²) in [6.45, 7) is 1.87. The summed E-state index contributed by atoms with van der Waals surface area (Å²) in [5.74, 6) is -0.529. The number of hydrogen-bond acceptors (Lipinski definition) is 5. The van der Waals surface area contributed by atoms with Crippen LogP contribution in [0, 0.1) is 10.1 Å². The maximum atomic E-state index is 11.2. The second-order valence-corrected chi connectivity index (χ2v) is 3.69. The Labute approximate surface area is 107 Å². The van der Waals surface area contributed by atoms with E-state index in [1.54, 1.807) is 6.20 Å². The Morgan fingerprint density at radius 2 is 2.26 bits per heavy atom. The molecule has 0 saturated heterocycles. The maximum absolute atomic E-state index is 11.2. The second-order valence-electron chi connectivity index (χ2n) is 3.69. The highest BCUT2D eigenvalue weighted by Gasteiger charge is 2.19. The van der Waals surface area contributed by atoms with E-state index in [1.807, 2.05) is 6.92 Å². The van der Waals surface area contributed by atoms with E-state index >= 15 is 0 Å². The zero-order chi connectivity index (χ0) is 14.0. The third-order valence-corrected chi connectivity index (χ3v) is 2.56. The number of imidazole rings is 1. The van der Waals surface area contributed by atoms with Crippen LogP contribution in [0.4, 0.5) is 5.69 Å². The molecule has 98 valence electrons. The van der Waals surface area contributed by atoms with Crippen LogP contribution in [0.1, 0.15) is 23.1 Å². The molecule has 0 saturated carbocycles. The van der Waals surface area contributed by atoms with Crippen molar-refractivity contribution in [3.8, 4) is 5.82 Å². The molecule has 8 nitrogen and oxygen atoms in total. The number of carboxylic acids is 1. The first kappa shape index (κ1) is 12.7. The van der Waals surface area contributed by atoms with Gasteiger partial charge in [0.15, 0.2) is 5.82 Å². The molecular formula is C11H10N4O4. The van der Waals surface area contributed by atoms with E-state index in [-0.39, 0.29) is 17.1 Å². The minimum Gasteiger partial charge on any atom is -0.478 e. The lowest BCUT2D eigenvalue weighted by Gasteiger charge is -2.08. The first-order valence-electron chi connectivity index (χ1n) is 5.45. The fourth-order valence-corrected chi connectivity index (χ4v) is 1.68. The molecule has 2 aromatic heterocycles. The molecule has 0 atom stereocenters. The molecule has 0 fully saturated rings. The number of carbonyl (C=O) groups is 1. The van der Waals surface area contributed by atoms with Gasteiger partial charge in [-0.05, 0) is 0 Å². The number of rotatable bonds is 4. The summed E-state index contributed by atoms with van der Waals surface area (Å²) < 4.78 is 1.51. The number of aromatic nitrogens is 3. The van der Waals surface area contributed by atoms with Crippen LogP contribution in [0.5, 0.6) is 0 Å². The third-order valence-electron chi connectivity index (χ3n) is 2.56. The molecule has 0 amide bonds. The van der Waals surface area contributed by atoms with E-state index in [4.69, 9.17) is 5.11 Å². The molecule has 0 bridgehead atoms. The highest BCUT2D eigenvalue weighted by atomic mass is 16.6. The van der Waals surface area contributed by atoms with Crippen LogP contribution in [0.2, 0.25) is 0 Å². The molecule has 0 aliphatic carbocycles. The Kier molecular flexibility index (Phi) is 3.23. The number of hydrogen-bond donors (Lipinski definition) is 1. The lowest BCUT2D eigenvalue weighted by molar-refractivity contribution is -0.385. The molecule has 0 aliphatic heterocycles. The molecule has 0 unspecified atom stereocenters. The van der Waals surface area contributed by atoms with Crippen molar-refractivity contribution < 1.29 is 14.8 Å². The van der Waals surface area contributed by atoms with Gasteiger partial charge in [-0.15, -0.1) is 0 Å². The standard InChI is InChI=1S/C11H10N4O4/c1-2-9-12-3-4-14(9)10-8(11(16)17)5-7(6-13-10)15(18)19/h3-6H,2H2,1H3,(H,16,17). The van der Waals surface area contributed by atoms with Crippen LogP contribution in [0.25, 0.3) is 5.82 Å². The van der Waals surface area contributed by atoms with E-state index in [0.717, 1.165) is 12.3 Å². The van der Waals surface area contributed by atoms with Gasteiger partial charge in [-0.25, -0.2) is 14.8 Å². The molecule has 2 aromatic rings. The van der Waals surface area contributed by atoms with Gasteiger partial charge in [-0.3, -0.25) is 14.7 Å². The Hall–Kier alpha value is -2.77. The van der Waals surface area contributed by atoms with Crippen molar-refractivity contribution in [2.75, 3.05) is 0 Å². The van der Waals surface area contributed by atoms with Crippen LogP contribution >= 0.6 is 0 Å². The van der Waals surface area contributed by atoms with Gasteiger partial charge in [0.2, 0.25) is 0 Å². The number of nitro groups is 1. The highest BCUT2D eigenvalue weighted by molar-refractivity contribution is 5.91. The van der Waals surface area contributed by atoms with Gasteiger partial charge in [0.05, 0.1) is 4.92 Å². The van der Waals surface area contributed by atoms with Gasteiger partial charge in [-0.2, -0.15) is 0 Å². The zero-order valence-corrected chi connectivity index (χ0v) is 9.98. The summed E-state index contributed by atoms with van der Waals surface area (Å²) in [5, 5.41) is 19.8. The first-order chi connectivity index (χ1) is 9.04. The predicted molar refractivity (Wildman–Crippen MR) is 64.4 cm³/mol. The average molecular weight is 262 g/mol. The van der Waals surface area contributed by atoms with E-state index in [0.29, 0.717) is 12.2 Å². The molecule has 0 aliphatic rings. The maximum Gasteiger partial charge on any atom is 0.339 e. The number of nitrogens with zero attached hydrogens (tertiary/aromatic N) is 4. The average Bonchev–Trinajstić information content (AvgIpc) is 2.85. The molecule has 2 rings (SSSR count). The minimum absolute atomic E-state index is 0.118. The lowest BCUT2D eigenvalue weighted by Crippen LogP contribution is -2.10. The summed E-state index contributed by atoms with van der Waals surface area (Å²) in [7, 11) is 0. The lowest BCUT2D eigenvalue weighted by atomic mass is 10.2. The van der Waals surface area contributed by atoms with Gasteiger partial charge in [0.25, 0.3) is 5.69 Å². The minimum atomic E-state index is -1.28. The Bertz CT molecular complexity index is 650. The number of aryl methyl sites for hydroxylation is 1. The fraction of sp³-hybridized carbons (Fsp3) is 0.182. The zero-order valence-electron chi connectivity index (χ0n) is 9.98. The number of pyridine rings is 1. The predicted octanol–water partition coefficient (Wildman–Crippen LogP) is 1.44. The molecule has 2 heterocycles. The van der Waals surface area contributed by atoms with E-state index in [2.05, 4.69) is 9.97 Å².